The van der Waals surface area contributed by atoms with Gasteiger partial charge in [0, 0.05) is 11.4 Å². The highest BCUT2D eigenvalue weighted by atomic mass is 32.2. The van der Waals surface area contributed by atoms with Crippen molar-refractivity contribution in [1.82, 2.24) is 4.90 Å². The van der Waals surface area contributed by atoms with Gasteiger partial charge in [0.05, 0.1) is 5.75 Å². The number of halogens is 1. The Morgan fingerprint density at radius 2 is 2.21 bits per heavy atom. The largest absolute Gasteiger partial charge is 0.321 e. The monoisotopic (exact) mass is 293 g/mol. The SMILES string of the molecule is O=C1CSC(c2cccs2)N1Cc1cccc(F)c1. The lowest BCUT2D eigenvalue weighted by molar-refractivity contribution is -0.128. The van der Waals surface area contributed by atoms with Gasteiger partial charge in [-0.15, -0.1) is 23.1 Å². The number of nitrogens with zero attached hydrogens (tertiary/aromatic N) is 1. The van der Waals surface area contributed by atoms with Crippen molar-refractivity contribution < 1.29 is 9.18 Å². The van der Waals surface area contributed by atoms with Crippen LogP contribution in [0.2, 0.25) is 0 Å². The Balaban J connectivity index is 1.83. The number of thiophene rings is 1. The van der Waals surface area contributed by atoms with Crippen molar-refractivity contribution in [3.63, 3.8) is 0 Å². The molecule has 98 valence electrons. The van der Waals surface area contributed by atoms with Gasteiger partial charge in [-0.2, -0.15) is 0 Å². The molecule has 2 heterocycles. The summed E-state index contributed by atoms with van der Waals surface area (Å²) in [7, 11) is 0. The zero-order valence-electron chi connectivity index (χ0n) is 10.1. The zero-order valence-corrected chi connectivity index (χ0v) is 11.7. The third-order valence-corrected chi connectivity index (χ3v) is 5.31. The van der Waals surface area contributed by atoms with E-state index in [0.29, 0.717) is 12.3 Å². The van der Waals surface area contributed by atoms with Gasteiger partial charge < -0.3 is 4.90 Å². The van der Waals surface area contributed by atoms with E-state index in [1.165, 1.54) is 17.0 Å². The molecular formula is C14H12FNOS2. The number of benzene rings is 1. The number of carbonyl (C=O) groups is 1. The van der Waals surface area contributed by atoms with E-state index in [1.807, 2.05) is 28.5 Å². The fraction of sp³-hybridized carbons (Fsp3) is 0.214. The van der Waals surface area contributed by atoms with Crippen LogP contribution in [-0.4, -0.2) is 16.6 Å². The first-order valence-electron chi connectivity index (χ1n) is 5.93. The Morgan fingerprint density at radius 1 is 1.32 bits per heavy atom. The van der Waals surface area contributed by atoms with Gasteiger partial charge in [-0.05, 0) is 29.1 Å². The van der Waals surface area contributed by atoms with E-state index < -0.39 is 0 Å². The molecule has 2 aromatic rings. The molecule has 5 heteroatoms. The number of hydrogen-bond donors (Lipinski definition) is 0. The average Bonchev–Trinajstić information content (AvgIpc) is 3.01. The molecule has 1 aromatic heterocycles. The van der Waals surface area contributed by atoms with Gasteiger partial charge in [-0.3, -0.25) is 4.79 Å². The second-order valence-electron chi connectivity index (χ2n) is 4.33. The Morgan fingerprint density at radius 3 is 2.95 bits per heavy atom. The molecule has 1 unspecified atom stereocenters. The molecule has 1 atom stereocenters. The van der Waals surface area contributed by atoms with Crippen LogP contribution in [-0.2, 0) is 11.3 Å². The van der Waals surface area contributed by atoms with Crippen molar-refractivity contribution in [1.29, 1.82) is 0 Å². The van der Waals surface area contributed by atoms with Gasteiger partial charge in [0.2, 0.25) is 5.91 Å². The zero-order chi connectivity index (χ0) is 13.2. The highest BCUT2D eigenvalue weighted by Crippen LogP contribution is 2.41. The minimum absolute atomic E-state index is 0.0655. The van der Waals surface area contributed by atoms with Crippen LogP contribution in [0.5, 0.6) is 0 Å². The second-order valence-corrected chi connectivity index (χ2v) is 6.38. The lowest BCUT2D eigenvalue weighted by Crippen LogP contribution is -2.27. The standard InChI is InChI=1S/C14H12FNOS2/c15-11-4-1-3-10(7-11)8-16-13(17)9-19-14(16)12-5-2-6-18-12/h1-7,14H,8-9H2. The second kappa shape index (κ2) is 5.35. The molecule has 1 aromatic carbocycles. The van der Waals surface area contributed by atoms with Crippen molar-refractivity contribution in [2.45, 2.75) is 11.9 Å². The Bertz CT molecular complexity index is 585. The summed E-state index contributed by atoms with van der Waals surface area (Å²) in [6.07, 6.45) is 0. The molecule has 2 nitrogen and oxygen atoms in total. The predicted octanol–water partition coefficient (Wildman–Crippen LogP) is 3.66. The van der Waals surface area contributed by atoms with E-state index in [-0.39, 0.29) is 17.1 Å². The van der Waals surface area contributed by atoms with Gasteiger partial charge in [0.25, 0.3) is 0 Å². The maximum absolute atomic E-state index is 13.2. The molecule has 1 saturated heterocycles. The van der Waals surface area contributed by atoms with Crippen LogP contribution < -0.4 is 0 Å². The summed E-state index contributed by atoms with van der Waals surface area (Å²) in [5, 5.41) is 2.08. The first-order chi connectivity index (χ1) is 9.24. The summed E-state index contributed by atoms with van der Waals surface area (Å²) in [5.41, 5.74) is 0.831. The van der Waals surface area contributed by atoms with Crippen molar-refractivity contribution in [2.75, 3.05) is 5.75 Å². The van der Waals surface area contributed by atoms with Crippen molar-refractivity contribution in [3.8, 4) is 0 Å². The quantitative estimate of drug-likeness (QED) is 0.860. The Kier molecular flexibility index (Phi) is 3.57. The van der Waals surface area contributed by atoms with E-state index in [9.17, 15) is 9.18 Å². The van der Waals surface area contributed by atoms with Crippen molar-refractivity contribution in [3.05, 3.63) is 58.0 Å². The van der Waals surface area contributed by atoms with E-state index in [1.54, 1.807) is 29.2 Å². The van der Waals surface area contributed by atoms with Crippen LogP contribution in [0.3, 0.4) is 0 Å². The fourth-order valence-electron chi connectivity index (χ4n) is 2.12. The summed E-state index contributed by atoms with van der Waals surface area (Å²) < 4.78 is 13.2. The Labute approximate surface area is 119 Å². The summed E-state index contributed by atoms with van der Waals surface area (Å²) >= 11 is 3.28. The first-order valence-corrected chi connectivity index (χ1v) is 7.86. The van der Waals surface area contributed by atoms with Crippen LogP contribution >= 0.6 is 23.1 Å². The molecule has 0 N–H and O–H groups in total. The lowest BCUT2D eigenvalue weighted by Gasteiger charge is -2.23. The van der Waals surface area contributed by atoms with Crippen LogP contribution in [0, 0.1) is 5.82 Å². The van der Waals surface area contributed by atoms with Gasteiger partial charge >= 0.3 is 0 Å². The topological polar surface area (TPSA) is 20.3 Å². The van der Waals surface area contributed by atoms with Gasteiger partial charge in [0.15, 0.2) is 0 Å². The molecule has 0 aliphatic carbocycles. The van der Waals surface area contributed by atoms with Gasteiger partial charge in [0.1, 0.15) is 11.2 Å². The molecular weight excluding hydrogens is 281 g/mol. The van der Waals surface area contributed by atoms with E-state index in [4.69, 9.17) is 0 Å². The van der Waals surface area contributed by atoms with Gasteiger partial charge in [-0.1, -0.05) is 18.2 Å². The average molecular weight is 293 g/mol. The summed E-state index contributed by atoms with van der Waals surface area (Å²) in [4.78, 5) is 15.0. The third-order valence-electron chi connectivity index (χ3n) is 3.00. The van der Waals surface area contributed by atoms with Crippen LogP contribution in [0.4, 0.5) is 4.39 Å². The van der Waals surface area contributed by atoms with E-state index in [0.717, 1.165) is 5.56 Å². The predicted molar refractivity (Wildman–Crippen MR) is 76.5 cm³/mol. The maximum Gasteiger partial charge on any atom is 0.234 e. The molecule has 0 bridgehead atoms. The number of carbonyl (C=O) groups excluding carboxylic acids is 1. The van der Waals surface area contributed by atoms with E-state index >= 15 is 0 Å². The fourth-order valence-corrected chi connectivity index (χ4v) is 4.29. The Hall–Kier alpha value is -1.33. The minimum Gasteiger partial charge on any atom is -0.321 e. The number of thioether (sulfide) groups is 1. The van der Waals surface area contributed by atoms with Crippen LogP contribution in [0.15, 0.2) is 41.8 Å². The summed E-state index contributed by atoms with van der Waals surface area (Å²) in [6.45, 7) is 0.464. The number of rotatable bonds is 3. The van der Waals surface area contributed by atoms with Gasteiger partial charge in [-0.25, -0.2) is 4.39 Å². The smallest absolute Gasteiger partial charge is 0.234 e. The number of hydrogen-bond acceptors (Lipinski definition) is 3. The van der Waals surface area contributed by atoms with E-state index in [2.05, 4.69) is 0 Å². The minimum atomic E-state index is -0.260. The lowest BCUT2D eigenvalue weighted by atomic mass is 10.2. The maximum atomic E-state index is 13.2. The molecule has 19 heavy (non-hydrogen) atoms. The molecule has 1 aliphatic rings. The normalized spacial score (nSPS) is 19.1. The third kappa shape index (κ3) is 2.67. The molecule has 1 amide bonds. The van der Waals surface area contributed by atoms with Crippen molar-refractivity contribution >= 4 is 29.0 Å². The highest BCUT2D eigenvalue weighted by molar-refractivity contribution is 8.00. The van der Waals surface area contributed by atoms with Crippen molar-refractivity contribution in [2.24, 2.45) is 0 Å². The highest BCUT2D eigenvalue weighted by Gasteiger charge is 2.33. The summed E-state index contributed by atoms with van der Waals surface area (Å²) in [6, 6.07) is 10.5. The molecule has 0 radical (unpaired) electrons. The van der Waals surface area contributed by atoms with Crippen LogP contribution in [0.25, 0.3) is 0 Å². The molecule has 3 rings (SSSR count). The molecule has 0 saturated carbocycles. The number of amides is 1. The molecule has 1 fully saturated rings. The summed E-state index contributed by atoms with van der Waals surface area (Å²) in [5.74, 6) is 0.356. The first kappa shape index (κ1) is 12.7. The van der Waals surface area contributed by atoms with Crippen LogP contribution in [0.1, 0.15) is 15.8 Å². The molecule has 1 aliphatic heterocycles. The molecule has 0 spiro atoms.